The molecule has 0 aliphatic carbocycles. The van der Waals surface area contributed by atoms with E-state index in [2.05, 4.69) is 23.2 Å². The van der Waals surface area contributed by atoms with Crippen molar-refractivity contribution in [3.05, 3.63) is 29.8 Å². The molecule has 1 aromatic carbocycles. The first-order chi connectivity index (χ1) is 9.63. The van der Waals surface area contributed by atoms with Gasteiger partial charge in [0, 0.05) is 24.1 Å². The maximum absolute atomic E-state index is 12.4. The molecule has 2 unspecified atom stereocenters. The fourth-order valence-corrected chi connectivity index (χ4v) is 3.43. The van der Waals surface area contributed by atoms with Gasteiger partial charge in [0.2, 0.25) is 5.91 Å². The third-order valence-corrected chi connectivity index (χ3v) is 4.79. The Hall–Kier alpha value is -1.51. The van der Waals surface area contributed by atoms with Gasteiger partial charge >= 0.3 is 0 Å². The number of anilines is 1. The lowest BCUT2D eigenvalue weighted by atomic mass is 10.1. The number of carbonyl (C=O) groups excluding carboxylic acids is 1. The molecule has 0 bridgehead atoms. The van der Waals surface area contributed by atoms with E-state index in [0.717, 1.165) is 18.1 Å². The normalized spacial score (nSPS) is 20.9. The number of nitrogens with zero attached hydrogens (tertiary/aromatic N) is 2. The number of hydrogen-bond donors (Lipinski definition) is 1. The van der Waals surface area contributed by atoms with Gasteiger partial charge in [-0.3, -0.25) is 9.69 Å². The molecule has 5 heteroatoms. The number of rotatable bonds is 3. The van der Waals surface area contributed by atoms with Crippen molar-refractivity contribution in [1.29, 1.82) is 5.26 Å². The first kappa shape index (κ1) is 14.9. The molecule has 0 spiro atoms. The molecule has 106 valence electrons. The minimum atomic E-state index is -0.183. The van der Waals surface area contributed by atoms with Crippen molar-refractivity contribution in [2.24, 2.45) is 0 Å². The van der Waals surface area contributed by atoms with Crippen LogP contribution in [0.15, 0.2) is 24.3 Å². The van der Waals surface area contributed by atoms with E-state index in [1.54, 1.807) is 18.2 Å². The zero-order chi connectivity index (χ0) is 14.5. The lowest BCUT2D eigenvalue weighted by Gasteiger charge is -2.36. The second-order valence-corrected chi connectivity index (χ2v) is 6.13. The van der Waals surface area contributed by atoms with Crippen LogP contribution in [-0.2, 0) is 4.79 Å². The van der Waals surface area contributed by atoms with Crippen molar-refractivity contribution < 1.29 is 4.79 Å². The summed E-state index contributed by atoms with van der Waals surface area (Å²) < 4.78 is 0. The highest BCUT2D eigenvalue weighted by Crippen LogP contribution is 2.20. The second-order valence-electron chi connectivity index (χ2n) is 4.98. The van der Waals surface area contributed by atoms with E-state index in [1.165, 1.54) is 0 Å². The van der Waals surface area contributed by atoms with Gasteiger partial charge in [0.15, 0.2) is 0 Å². The molecule has 0 radical (unpaired) electrons. The number of para-hydroxylation sites is 1. The van der Waals surface area contributed by atoms with Gasteiger partial charge in [0.05, 0.1) is 17.3 Å². The molecule has 1 heterocycles. The molecular weight excluding hydrogens is 270 g/mol. The van der Waals surface area contributed by atoms with Crippen LogP contribution in [0.25, 0.3) is 0 Å². The summed E-state index contributed by atoms with van der Waals surface area (Å²) in [6.07, 6.45) is 0. The highest BCUT2D eigenvalue weighted by molar-refractivity contribution is 7.99. The Labute approximate surface area is 124 Å². The number of nitrogens with one attached hydrogen (secondary N) is 1. The maximum atomic E-state index is 12.4. The van der Waals surface area contributed by atoms with Crippen LogP contribution < -0.4 is 5.32 Å². The van der Waals surface area contributed by atoms with E-state index >= 15 is 0 Å². The number of carbonyl (C=O) groups is 1. The van der Waals surface area contributed by atoms with Crippen molar-refractivity contribution in [3.63, 3.8) is 0 Å². The van der Waals surface area contributed by atoms with Gasteiger partial charge < -0.3 is 5.32 Å². The second kappa shape index (κ2) is 6.78. The molecule has 2 rings (SSSR count). The third-order valence-electron chi connectivity index (χ3n) is 3.60. The predicted octanol–water partition coefficient (Wildman–Crippen LogP) is 2.32. The third kappa shape index (κ3) is 3.33. The summed E-state index contributed by atoms with van der Waals surface area (Å²) in [5, 5.41) is 11.9. The average molecular weight is 289 g/mol. The van der Waals surface area contributed by atoms with E-state index in [-0.39, 0.29) is 11.9 Å². The smallest absolute Gasteiger partial charge is 0.241 e. The van der Waals surface area contributed by atoms with Crippen LogP contribution in [0.3, 0.4) is 0 Å². The molecule has 1 amide bonds. The number of hydrogen-bond acceptors (Lipinski definition) is 4. The van der Waals surface area contributed by atoms with Crippen LogP contribution in [0.4, 0.5) is 5.69 Å². The minimum Gasteiger partial charge on any atom is -0.324 e. The average Bonchev–Trinajstić information content (AvgIpc) is 2.47. The Kier molecular flexibility index (Phi) is 5.05. The Balaban J connectivity index is 2.06. The summed E-state index contributed by atoms with van der Waals surface area (Å²) in [5.41, 5.74) is 1.08. The molecule has 1 aromatic rings. The van der Waals surface area contributed by atoms with Crippen LogP contribution in [0.5, 0.6) is 0 Å². The van der Waals surface area contributed by atoms with Gasteiger partial charge in [-0.15, -0.1) is 0 Å². The van der Waals surface area contributed by atoms with Crippen LogP contribution in [-0.4, -0.2) is 40.9 Å². The summed E-state index contributed by atoms with van der Waals surface area (Å²) >= 11 is 1.93. The zero-order valence-corrected chi connectivity index (χ0v) is 12.6. The Morgan fingerprint density at radius 1 is 1.55 bits per heavy atom. The van der Waals surface area contributed by atoms with Crippen LogP contribution in [0.2, 0.25) is 0 Å². The van der Waals surface area contributed by atoms with E-state index in [0.29, 0.717) is 17.3 Å². The highest BCUT2D eigenvalue weighted by Gasteiger charge is 2.28. The van der Waals surface area contributed by atoms with Crippen molar-refractivity contribution >= 4 is 23.4 Å². The van der Waals surface area contributed by atoms with Gasteiger partial charge in [-0.25, -0.2) is 0 Å². The number of thioether (sulfide) groups is 1. The van der Waals surface area contributed by atoms with Gasteiger partial charge in [0.25, 0.3) is 0 Å². The minimum absolute atomic E-state index is 0.0496. The summed E-state index contributed by atoms with van der Waals surface area (Å²) in [6.45, 7) is 5.01. The number of nitriles is 1. The molecule has 4 nitrogen and oxygen atoms in total. The molecule has 0 aromatic heterocycles. The summed E-state index contributed by atoms with van der Waals surface area (Å²) in [5.74, 6) is 2.08. The molecule has 1 aliphatic rings. The molecule has 1 fully saturated rings. The van der Waals surface area contributed by atoms with Crippen molar-refractivity contribution in [2.45, 2.75) is 25.9 Å². The van der Waals surface area contributed by atoms with E-state index in [9.17, 15) is 4.79 Å². The Bertz CT molecular complexity index is 526. The van der Waals surface area contributed by atoms with E-state index < -0.39 is 0 Å². The largest absolute Gasteiger partial charge is 0.324 e. The topological polar surface area (TPSA) is 56.1 Å². The maximum Gasteiger partial charge on any atom is 0.241 e. The fraction of sp³-hybridized carbons (Fsp3) is 0.467. The lowest BCUT2D eigenvalue weighted by molar-refractivity contribution is -0.121. The summed E-state index contributed by atoms with van der Waals surface area (Å²) in [7, 11) is 0. The Morgan fingerprint density at radius 2 is 2.30 bits per heavy atom. The molecule has 1 saturated heterocycles. The summed E-state index contributed by atoms with van der Waals surface area (Å²) in [6, 6.07) is 9.40. The molecule has 1 N–H and O–H groups in total. The number of amides is 1. The van der Waals surface area contributed by atoms with Crippen molar-refractivity contribution in [2.75, 3.05) is 23.4 Å². The highest BCUT2D eigenvalue weighted by atomic mass is 32.2. The lowest BCUT2D eigenvalue weighted by Crippen LogP contribution is -2.50. The summed E-state index contributed by atoms with van der Waals surface area (Å²) in [4.78, 5) is 14.6. The first-order valence-electron chi connectivity index (χ1n) is 6.77. The van der Waals surface area contributed by atoms with Gasteiger partial charge in [-0.1, -0.05) is 12.1 Å². The SMILES string of the molecule is CC1CSCCN1C(C)C(=O)Nc1ccccc1C#N. The van der Waals surface area contributed by atoms with Gasteiger partial charge in [-0.05, 0) is 26.0 Å². The fourth-order valence-electron chi connectivity index (χ4n) is 2.39. The van der Waals surface area contributed by atoms with Crippen LogP contribution in [0.1, 0.15) is 19.4 Å². The van der Waals surface area contributed by atoms with Crippen molar-refractivity contribution in [1.82, 2.24) is 4.90 Å². The van der Waals surface area contributed by atoms with Gasteiger partial charge in [-0.2, -0.15) is 17.0 Å². The van der Waals surface area contributed by atoms with Crippen LogP contribution in [0, 0.1) is 11.3 Å². The Morgan fingerprint density at radius 3 is 3.00 bits per heavy atom. The molecule has 2 atom stereocenters. The predicted molar refractivity (Wildman–Crippen MR) is 82.7 cm³/mol. The van der Waals surface area contributed by atoms with Gasteiger partial charge in [0.1, 0.15) is 6.07 Å². The standard InChI is InChI=1S/C15H19N3OS/c1-11-10-20-8-7-18(11)12(2)15(19)17-14-6-4-3-5-13(14)9-16/h3-6,11-12H,7-8,10H2,1-2H3,(H,17,19). The zero-order valence-electron chi connectivity index (χ0n) is 11.8. The monoisotopic (exact) mass is 289 g/mol. The van der Waals surface area contributed by atoms with Crippen molar-refractivity contribution in [3.8, 4) is 6.07 Å². The molecule has 1 aliphatic heterocycles. The van der Waals surface area contributed by atoms with E-state index in [4.69, 9.17) is 5.26 Å². The number of benzene rings is 1. The molecule has 20 heavy (non-hydrogen) atoms. The van der Waals surface area contributed by atoms with Crippen LogP contribution >= 0.6 is 11.8 Å². The molecule has 0 saturated carbocycles. The quantitative estimate of drug-likeness (QED) is 0.928. The molecular formula is C15H19N3OS. The van der Waals surface area contributed by atoms with E-state index in [1.807, 2.05) is 24.8 Å². The first-order valence-corrected chi connectivity index (χ1v) is 7.92.